The molecule has 29 heavy (non-hydrogen) atoms. The minimum absolute atomic E-state index is 0.179. The maximum Gasteiger partial charge on any atom is 0.281 e. The SMILES string of the molecule is CCOc1ccc(CCn2c(C)nc(=O)c(-c3ccccc3)c2C)cc1OCC. The predicted molar refractivity (Wildman–Crippen MR) is 116 cm³/mol. The molecular weight excluding hydrogens is 364 g/mol. The van der Waals surface area contributed by atoms with Gasteiger partial charge in [0.1, 0.15) is 5.82 Å². The summed E-state index contributed by atoms with van der Waals surface area (Å²) in [5, 5.41) is 0. The summed E-state index contributed by atoms with van der Waals surface area (Å²) in [5.74, 6) is 2.26. The van der Waals surface area contributed by atoms with Crippen molar-refractivity contribution >= 4 is 0 Å². The molecule has 0 saturated carbocycles. The van der Waals surface area contributed by atoms with Crippen LogP contribution in [0.3, 0.4) is 0 Å². The van der Waals surface area contributed by atoms with Crippen LogP contribution in [0.1, 0.15) is 30.9 Å². The van der Waals surface area contributed by atoms with E-state index in [-0.39, 0.29) is 5.56 Å². The molecule has 0 atom stereocenters. The molecule has 0 aliphatic heterocycles. The lowest BCUT2D eigenvalue weighted by atomic mass is 10.1. The molecule has 152 valence electrons. The van der Waals surface area contributed by atoms with E-state index in [2.05, 4.69) is 15.6 Å². The van der Waals surface area contributed by atoms with Crippen molar-refractivity contribution in [1.29, 1.82) is 0 Å². The molecule has 0 radical (unpaired) electrons. The zero-order chi connectivity index (χ0) is 20.8. The molecule has 3 rings (SSSR count). The Morgan fingerprint density at radius 3 is 2.31 bits per heavy atom. The fourth-order valence-corrected chi connectivity index (χ4v) is 3.55. The molecule has 0 aliphatic carbocycles. The Labute approximate surface area is 172 Å². The second kappa shape index (κ2) is 9.41. The van der Waals surface area contributed by atoms with Gasteiger partial charge in [0.15, 0.2) is 11.5 Å². The topological polar surface area (TPSA) is 53.4 Å². The quantitative estimate of drug-likeness (QED) is 0.564. The zero-order valence-corrected chi connectivity index (χ0v) is 17.6. The molecule has 0 amide bonds. The number of hydrogen-bond acceptors (Lipinski definition) is 4. The molecular formula is C24H28N2O3. The van der Waals surface area contributed by atoms with Crippen LogP contribution >= 0.6 is 0 Å². The Bertz CT molecular complexity index is 1030. The van der Waals surface area contributed by atoms with Gasteiger partial charge in [-0.3, -0.25) is 4.79 Å². The number of hydrogen-bond donors (Lipinski definition) is 0. The molecule has 1 aromatic heterocycles. The third-order valence-corrected chi connectivity index (χ3v) is 4.93. The first-order chi connectivity index (χ1) is 14.0. The highest BCUT2D eigenvalue weighted by Crippen LogP contribution is 2.29. The van der Waals surface area contributed by atoms with Gasteiger partial charge in [-0.05, 0) is 57.4 Å². The lowest BCUT2D eigenvalue weighted by Crippen LogP contribution is -2.22. The molecule has 0 N–H and O–H groups in total. The van der Waals surface area contributed by atoms with Crippen LogP contribution in [0, 0.1) is 13.8 Å². The van der Waals surface area contributed by atoms with Crippen LogP contribution in [-0.2, 0) is 13.0 Å². The molecule has 0 aliphatic rings. The highest BCUT2D eigenvalue weighted by atomic mass is 16.5. The predicted octanol–water partition coefficient (Wildman–Crippen LogP) is 4.57. The maximum atomic E-state index is 12.5. The van der Waals surface area contributed by atoms with Gasteiger partial charge in [-0.1, -0.05) is 36.4 Å². The van der Waals surface area contributed by atoms with E-state index in [1.807, 2.05) is 70.2 Å². The van der Waals surface area contributed by atoms with Crippen molar-refractivity contribution in [1.82, 2.24) is 9.55 Å². The third kappa shape index (κ3) is 4.67. The Hall–Kier alpha value is -3.08. The minimum atomic E-state index is -0.179. The lowest BCUT2D eigenvalue weighted by molar-refractivity contribution is 0.287. The summed E-state index contributed by atoms with van der Waals surface area (Å²) < 4.78 is 13.5. The molecule has 0 spiro atoms. The van der Waals surface area contributed by atoms with Crippen molar-refractivity contribution in [2.75, 3.05) is 13.2 Å². The van der Waals surface area contributed by atoms with Crippen molar-refractivity contribution in [3.63, 3.8) is 0 Å². The first kappa shape index (κ1) is 20.6. The number of benzene rings is 2. The van der Waals surface area contributed by atoms with E-state index in [1.54, 1.807) is 0 Å². The molecule has 5 heteroatoms. The van der Waals surface area contributed by atoms with Gasteiger partial charge in [0.05, 0.1) is 18.8 Å². The summed E-state index contributed by atoms with van der Waals surface area (Å²) in [6.45, 7) is 9.71. The van der Waals surface area contributed by atoms with Crippen LogP contribution < -0.4 is 15.0 Å². The summed E-state index contributed by atoms with van der Waals surface area (Å²) in [4.78, 5) is 16.8. The van der Waals surface area contributed by atoms with Gasteiger partial charge < -0.3 is 14.0 Å². The first-order valence-electron chi connectivity index (χ1n) is 10.1. The lowest BCUT2D eigenvalue weighted by Gasteiger charge is -2.17. The molecule has 0 unspecified atom stereocenters. The number of aromatic nitrogens is 2. The van der Waals surface area contributed by atoms with Gasteiger partial charge in [0.25, 0.3) is 5.56 Å². The van der Waals surface area contributed by atoms with Gasteiger partial charge in [0, 0.05) is 12.2 Å². The van der Waals surface area contributed by atoms with Gasteiger partial charge in [-0.2, -0.15) is 4.98 Å². The number of aryl methyl sites for hydroxylation is 2. The minimum Gasteiger partial charge on any atom is -0.490 e. The standard InChI is InChI=1S/C24H28N2O3/c1-5-28-21-13-12-19(16-22(21)29-6-2)14-15-26-17(3)23(24(27)25-18(26)4)20-10-8-7-9-11-20/h7-13,16H,5-6,14-15H2,1-4H3. The van der Waals surface area contributed by atoms with Gasteiger partial charge in [-0.15, -0.1) is 0 Å². The number of nitrogens with zero attached hydrogens (tertiary/aromatic N) is 2. The van der Waals surface area contributed by atoms with Crippen molar-refractivity contribution in [3.05, 3.63) is 76.0 Å². The van der Waals surface area contributed by atoms with Crippen LogP contribution in [0.4, 0.5) is 0 Å². The van der Waals surface area contributed by atoms with Gasteiger partial charge >= 0.3 is 0 Å². The highest BCUT2D eigenvalue weighted by Gasteiger charge is 2.14. The second-order valence-electron chi connectivity index (χ2n) is 6.84. The van der Waals surface area contributed by atoms with Crippen molar-refractivity contribution < 1.29 is 9.47 Å². The molecule has 2 aromatic carbocycles. The summed E-state index contributed by atoms with van der Waals surface area (Å²) in [7, 11) is 0. The average Bonchev–Trinajstić information content (AvgIpc) is 2.70. The molecule has 3 aromatic rings. The zero-order valence-electron chi connectivity index (χ0n) is 17.6. The van der Waals surface area contributed by atoms with Gasteiger partial charge in [0.2, 0.25) is 0 Å². The van der Waals surface area contributed by atoms with Crippen molar-refractivity contribution in [2.45, 2.75) is 40.7 Å². The summed E-state index contributed by atoms with van der Waals surface area (Å²) in [5.41, 5.74) is 3.47. The van der Waals surface area contributed by atoms with E-state index in [4.69, 9.17) is 9.47 Å². The monoisotopic (exact) mass is 392 g/mol. The second-order valence-corrected chi connectivity index (χ2v) is 6.84. The third-order valence-electron chi connectivity index (χ3n) is 4.93. The Morgan fingerprint density at radius 2 is 1.62 bits per heavy atom. The van der Waals surface area contributed by atoms with Gasteiger partial charge in [-0.25, -0.2) is 0 Å². The van der Waals surface area contributed by atoms with Crippen LogP contribution in [0.15, 0.2) is 53.3 Å². The van der Waals surface area contributed by atoms with E-state index in [0.717, 1.165) is 47.1 Å². The summed E-state index contributed by atoms with van der Waals surface area (Å²) in [6.07, 6.45) is 0.799. The fourth-order valence-electron chi connectivity index (χ4n) is 3.55. The van der Waals surface area contributed by atoms with Crippen LogP contribution in [0.5, 0.6) is 11.5 Å². The largest absolute Gasteiger partial charge is 0.490 e. The van der Waals surface area contributed by atoms with E-state index in [9.17, 15) is 4.79 Å². The highest BCUT2D eigenvalue weighted by molar-refractivity contribution is 5.64. The normalized spacial score (nSPS) is 10.8. The number of ether oxygens (including phenoxy) is 2. The maximum absolute atomic E-state index is 12.5. The fraction of sp³-hybridized carbons (Fsp3) is 0.333. The molecule has 0 bridgehead atoms. The molecule has 0 saturated heterocycles. The average molecular weight is 392 g/mol. The smallest absolute Gasteiger partial charge is 0.281 e. The summed E-state index contributed by atoms with van der Waals surface area (Å²) in [6, 6.07) is 15.8. The Kier molecular flexibility index (Phi) is 6.70. The van der Waals surface area contributed by atoms with Crippen LogP contribution in [0.2, 0.25) is 0 Å². The molecule has 1 heterocycles. The molecule has 0 fully saturated rings. The van der Waals surface area contributed by atoms with Crippen LogP contribution in [-0.4, -0.2) is 22.8 Å². The Morgan fingerprint density at radius 1 is 0.931 bits per heavy atom. The van der Waals surface area contributed by atoms with E-state index in [1.165, 1.54) is 0 Å². The summed E-state index contributed by atoms with van der Waals surface area (Å²) >= 11 is 0. The van der Waals surface area contributed by atoms with Crippen LogP contribution in [0.25, 0.3) is 11.1 Å². The number of rotatable bonds is 8. The van der Waals surface area contributed by atoms with E-state index < -0.39 is 0 Å². The molecule has 5 nitrogen and oxygen atoms in total. The Balaban J connectivity index is 1.89. The first-order valence-corrected chi connectivity index (χ1v) is 10.1. The van der Waals surface area contributed by atoms with E-state index in [0.29, 0.717) is 18.8 Å². The van der Waals surface area contributed by atoms with Crippen molar-refractivity contribution in [2.24, 2.45) is 0 Å². The van der Waals surface area contributed by atoms with E-state index >= 15 is 0 Å². The van der Waals surface area contributed by atoms with Crippen molar-refractivity contribution in [3.8, 4) is 22.6 Å².